The molecular formula is C20H25ClN2O4. The number of halogens is 1. The Balaban J connectivity index is 0.000000271. The molecule has 6 nitrogen and oxygen atoms in total. The highest BCUT2D eigenvalue weighted by Gasteiger charge is 2.05. The summed E-state index contributed by atoms with van der Waals surface area (Å²) in [4.78, 5) is 22.2. The lowest BCUT2D eigenvalue weighted by Crippen LogP contribution is -2.07. The lowest BCUT2D eigenvalue weighted by Gasteiger charge is -2.03. The second-order valence-electron chi connectivity index (χ2n) is 5.56. The van der Waals surface area contributed by atoms with Crippen LogP contribution in [0.2, 0.25) is 5.02 Å². The van der Waals surface area contributed by atoms with Crippen LogP contribution in [0.15, 0.2) is 42.5 Å². The van der Waals surface area contributed by atoms with Crippen molar-refractivity contribution in [3.63, 3.8) is 0 Å². The van der Waals surface area contributed by atoms with Gasteiger partial charge in [0.15, 0.2) is 0 Å². The van der Waals surface area contributed by atoms with Gasteiger partial charge in [0.25, 0.3) is 0 Å². The summed E-state index contributed by atoms with van der Waals surface area (Å²) in [7, 11) is 0. The second kappa shape index (κ2) is 11.8. The molecule has 0 unspecified atom stereocenters. The molecule has 27 heavy (non-hydrogen) atoms. The number of carbonyl (C=O) groups is 2. The molecule has 0 saturated carbocycles. The summed E-state index contributed by atoms with van der Waals surface area (Å²) in [6, 6.07) is 12.3. The van der Waals surface area contributed by atoms with Crippen molar-refractivity contribution >= 4 is 34.9 Å². The van der Waals surface area contributed by atoms with Crippen LogP contribution >= 0.6 is 11.6 Å². The van der Waals surface area contributed by atoms with Gasteiger partial charge in [0.1, 0.15) is 0 Å². The molecule has 0 saturated heterocycles. The van der Waals surface area contributed by atoms with Crippen LogP contribution < -0.4 is 11.5 Å². The van der Waals surface area contributed by atoms with E-state index >= 15 is 0 Å². The number of carbonyl (C=O) groups excluding carboxylic acids is 2. The summed E-state index contributed by atoms with van der Waals surface area (Å²) in [5, 5.41) is 0.465. The molecule has 0 atom stereocenters. The quantitative estimate of drug-likeness (QED) is 0.576. The summed E-state index contributed by atoms with van der Waals surface area (Å²) < 4.78 is 9.61. The summed E-state index contributed by atoms with van der Waals surface area (Å²) in [5.41, 5.74) is 14.0. The van der Waals surface area contributed by atoms with Crippen LogP contribution in [-0.2, 0) is 31.9 Å². The maximum atomic E-state index is 11.1. The maximum absolute atomic E-state index is 11.1. The molecule has 0 aromatic heterocycles. The van der Waals surface area contributed by atoms with Crippen LogP contribution in [-0.4, -0.2) is 25.2 Å². The van der Waals surface area contributed by atoms with Gasteiger partial charge in [-0.3, -0.25) is 9.59 Å². The first-order valence-corrected chi connectivity index (χ1v) is 8.93. The maximum Gasteiger partial charge on any atom is 0.310 e. The van der Waals surface area contributed by atoms with E-state index in [9.17, 15) is 9.59 Å². The Labute approximate surface area is 164 Å². The van der Waals surface area contributed by atoms with Crippen LogP contribution in [0.25, 0.3) is 0 Å². The molecule has 0 radical (unpaired) electrons. The van der Waals surface area contributed by atoms with Crippen LogP contribution in [0, 0.1) is 0 Å². The SMILES string of the molecule is CCOC(=O)Cc1ccc(N)c(Cl)c1.CCOC(=O)Cc1ccc(N)cc1. The van der Waals surface area contributed by atoms with Crippen molar-refractivity contribution in [3.05, 3.63) is 58.6 Å². The molecular weight excluding hydrogens is 368 g/mol. The first-order chi connectivity index (χ1) is 12.8. The number of anilines is 2. The fourth-order valence-corrected chi connectivity index (χ4v) is 2.28. The predicted molar refractivity (Wildman–Crippen MR) is 107 cm³/mol. The Hall–Kier alpha value is -2.73. The summed E-state index contributed by atoms with van der Waals surface area (Å²) in [6.07, 6.45) is 0.544. The Morgan fingerprint density at radius 3 is 1.81 bits per heavy atom. The van der Waals surface area contributed by atoms with Crippen molar-refractivity contribution in [2.24, 2.45) is 0 Å². The Morgan fingerprint density at radius 1 is 0.852 bits per heavy atom. The van der Waals surface area contributed by atoms with E-state index in [1.807, 2.05) is 12.1 Å². The minimum atomic E-state index is -0.256. The summed E-state index contributed by atoms with van der Waals surface area (Å²) in [5.74, 6) is -0.458. The number of nitrogen functional groups attached to an aromatic ring is 2. The van der Waals surface area contributed by atoms with Crippen molar-refractivity contribution in [2.45, 2.75) is 26.7 Å². The molecule has 2 rings (SSSR count). The Morgan fingerprint density at radius 2 is 1.33 bits per heavy atom. The molecule has 2 aromatic carbocycles. The number of benzene rings is 2. The standard InChI is InChI=1S/C10H12ClNO2.C10H13NO2/c1-2-14-10(13)6-7-3-4-9(12)8(11)5-7;1-2-13-10(12)7-8-3-5-9(11)6-4-8/h3-5H,2,6,12H2,1H3;3-6H,2,7,11H2,1H3. The van der Waals surface area contributed by atoms with Gasteiger partial charge in [0, 0.05) is 5.69 Å². The number of rotatable bonds is 6. The van der Waals surface area contributed by atoms with Gasteiger partial charge >= 0.3 is 11.9 Å². The van der Waals surface area contributed by atoms with E-state index in [0.717, 1.165) is 11.1 Å². The zero-order valence-electron chi connectivity index (χ0n) is 15.5. The van der Waals surface area contributed by atoms with Crippen molar-refractivity contribution in [1.29, 1.82) is 0 Å². The molecule has 4 N–H and O–H groups in total. The van der Waals surface area contributed by atoms with Gasteiger partial charge in [-0.15, -0.1) is 0 Å². The Kier molecular flexibility index (Phi) is 9.75. The van der Waals surface area contributed by atoms with Crippen molar-refractivity contribution in [1.82, 2.24) is 0 Å². The van der Waals surface area contributed by atoms with E-state index < -0.39 is 0 Å². The molecule has 0 aliphatic rings. The van der Waals surface area contributed by atoms with Crippen LogP contribution in [0.5, 0.6) is 0 Å². The smallest absolute Gasteiger partial charge is 0.310 e. The van der Waals surface area contributed by atoms with Gasteiger partial charge in [0.05, 0.1) is 36.8 Å². The lowest BCUT2D eigenvalue weighted by atomic mass is 10.1. The third-order valence-corrected chi connectivity index (χ3v) is 3.68. The van der Waals surface area contributed by atoms with E-state index in [-0.39, 0.29) is 18.4 Å². The van der Waals surface area contributed by atoms with Gasteiger partial charge in [-0.1, -0.05) is 29.8 Å². The second-order valence-corrected chi connectivity index (χ2v) is 5.97. The molecule has 0 fully saturated rings. The summed E-state index contributed by atoms with van der Waals surface area (Å²) in [6.45, 7) is 4.38. The largest absolute Gasteiger partial charge is 0.466 e. The first-order valence-electron chi connectivity index (χ1n) is 8.55. The normalized spacial score (nSPS) is 9.74. The van der Waals surface area contributed by atoms with E-state index in [1.54, 1.807) is 44.2 Å². The fourth-order valence-electron chi connectivity index (χ4n) is 2.07. The average Bonchev–Trinajstić information content (AvgIpc) is 2.61. The topological polar surface area (TPSA) is 105 Å². The zero-order valence-corrected chi connectivity index (χ0v) is 16.3. The van der Waals surface area contributed by atoms with Gasteiger partial charge in [-0.25, -0.2) is 0 Å². The first kappa shape index (κ1) is 22.3. The van der Waals surface area contributed by atoms with Crippen molar-refractivity contribution in [3.8, 4) is 0 Å². The number of hydrogen-bond acceptors (Lipinski definition) is 6. The molecule has 7 heteroatoms. The third kappa shape index (κ3) is 8.96. The number of nitrogens with two attached hydrogens (primary N) is 2. The molecule has 0 bridgehead atoms. The van der Waals surface area contributed by atoms with Crippen LogP contribution in [0.4, 0.5) is 11.4 Å². The van der Waals surface area contributed by atoms with E-state index in [2.05, 4.69) is 0 Å². The molecule has 0 spiro atoms. The molecule has 0 aliphatic heterocycles. The fraction of sp³-hybridized carbons (Fsp3) is 0.300. The van der Waals surface area contributed by atoms with E-state index in [1.165, 1.54) is 0 Å². The predicted octanol–water partition coefficient (Wildman–Crippen LogP) is 3.40. The molecule has 0 amide bonds. The number of esters is 2. The number of hydrogen-bond donors (Lipinski definition) is 2. The van der Waals surface area contributed by atoms with Gasteiger partial charge in [-0.2, -0.15) is 0 Å². The highest BCUT2D eigenvalue weighted by molar-refractivity contribution is 6.33. The average molecular weight is 393 g/mol. The minimum absolute atomic E-state index is 0.202. The van der Waals surface area contributed by atoms with Crippen LogP contribution in [0.3, 0.4) is 0 Å². The van der Waals surface area contributed by atoms with Gasteiger partial charge < -0.3 is 20.9 Å². The molecule has 0 aliphatic carbocycles. The van der Waals surface area contributed by atoms with Crippen molar-refractivity contribution in [2.75, 3.05) is 24.7 Å². The molecule has 146 valence electrons. The van der Waals surface area contributed by atoms with E-state index in [0.29, 0.717) is 36.0 Å². The van der Waals surface area contributed by atoms with Gasteiger partial charge in [0.2, 0.25) is 0 Å². The van der Waals surface area contributed by atoms with Crippen LogP contribution in [0.1, 0.15) is 25.0 Å². The highest BCUT2D eigenvalue weighted by Crippen LogP contribution is 2.19. The minimum Gasteiger partial charge on any atom is -0.466 e. The third-order valence-electron chi connectivity index (χ3n) is 3.35. The monoisotopic (exact) mass is 392 g/mol. The van der Waals surface area contributed by atoms with E-state index in [4.69, 9.17) is 32.5 Å². The van der Waals surface area contributed by atoms with Crippen molar-refractivity contribution < 1.29 is 19.1 Å². The number of ether oxygens (including phenoxy) is 2. The molecule has 2 aromatic rings. The summed E-state index contributed by atoms with van der Waals surface area (Å²) >= 11 is 5.80. The Bertz CT molecular complexity index is 748. The molecule has 0 heterocycles. The van der Waals surface area contributed by atoms with Gasteiger partial charge in [-0.05, 0) is 49.2 Å². The highest BCUT2D eigenvalue weighted by atomic mass is 35.5. The lowest BCUT2D eigenvalue weighted by molar-refractivity contribution is -0.143. The zero-order chi connectivity index (χ0) is 20.2.